The minimum Gasteiger partial charge on any atom is -0.341 e. The lowest BCUT2D eigenvalue weighted by Gasteiger charge is -2.01. The molecule has 0 fully saturated rings. The number of nitrogens with zero attached hydrogens (tertiary/aromatic N) is 1. The molecule has 0 bridgehead atoms. The van der Waals surface area contributed by atoms with Gasteiger partial charge in [0.25, 0.3) is 0 Å². The molecular formula is C11H10F2N4O2S. The number of H-pyrrole nitrogens is 1. The van der Waals surface area contributed by atoms with Crippen LogP contribution in [0.15, 0.2) is 17.3 Å². The summed E-state index contributed by atoms with van der Waals surface area (Å²) in [5, 5.41) is 4.65. The van der Waals surface area contributed by atoms with Gasteiger partial charge in [0.05, 0.1) is 16.8 Å². The monoisotopic (exact) mass is 300 g/mol. The van der Waals surface area contributed by atoms with Crippen molar-refractivity contribution < 1.29 is 18.4 Å². The zero-order valence-electron chi connectivity index (χ0n) is 10.3. The molecule has 0 radical (unpaired) electrons. The van der Waals surface area contributed by atoms with Crippen LogP contribution in [0.3, 0.4) is 0 Å². The number of carbonyl (C=O) groups excluding carboxylic acids is 2. The summed E-state index contributed by atoms with van der Waals surface area (Å²) in [5.74, 6) is -2.53. The van der Waals surface area contributed by atoms with E-state index in [4.69, 9.17) is 0 Å². The lowest BCUT2D eigenvalue weighted by atomic mass is 10.3. The molecule has 9 heteroatoms. The highest BCUT2D eigenvalue weighted by atomic mass is 32.2. The van der Waals surface area contributed by atoms with Crippen LogP contribution in [0.25, 0.3) is 11.0 Å². The van der Waals surface area contributed by atoms with Gasteiger partial charge in [-0.15, -0.1) is 0 Å². The Hall–Kier alpha value is -2.16. The maximum Gasteiger partial charge on any atom is 0.321 e. The van der Waals surface area contributed by atoms with E-state index in [9.17, 15) is 18.4 Å². The van der Waals surface area contributed by atoms with Gasteiger partial charge in [0, 0.05) is 19.2 Å². The quantitative estimate of drug-likeness (QED) is 0.748. The van der Waals surface area contributed by atoms with Crippen LogP contribution in [0.5, 0.6) is 0 Å². The molecule has 6 nitrogen and oxygen atoms in total. The SMILES string of the molecule is CNC(=O)NC(=O)CSc1nc2cc(F)c(F)cc2[nH]1. The first-order chi connectivity index (χ1) is 9.49. The standard InChI is InChI=1S/C11H10F2N4O2S/c1-14-10(19)17-9(18)4-20-11-15-7-2-5(12)6(13)3-8(7)16-11/h2-3H,4H2,1H3,(H,15,16)(H2,14,17,18,19). The van der Waals surface area contributed by atoms with Crippen LogP contribution in [-0.4, -0.2) is 34.7 Å². The first-order valence-electron chi connectivity index (χ1n) is 5.48. The molecule has 0 spiro atoms. The van der Waals surface area contributed by atoms with Gasteiger partial charge in [-0.3, -0.25) is 10.1 Å². The third-order valence-corrected chi connectivity index (χ3v) is 3.20. The Labute approximate surface area is 116 Å². The molecule has 106 valence electrons. The number of fused-ring (bicyclic) bond motifs is 1. The van der Waals surface area contributed by atoms with E-state index >= 15 is 0 Å². The fourth-order valence-electron chi connectivity index (χ4n) is 1.41. The number of imide groups is 1. The van der Waals surface area contributed by atoms with Gasteiger partial charge in [0.2, 0.25) is 5.91 Å². The first-order valence-corrected chi connectivity index (χ1v) is 6.47. The van der Waals surface area contributed by atoms with Gasteiger partial charge in [0.1, 0.15) is 0 Å². The normalized spacial score (nSPS) is 10.6. The van der Waals surface area contributed by atoms with E-state index in [0.29, 0.717) is 10.7 Å². The highest BCUT2D eigenvalue weighted by Gasteiger charge is 2.11. The van der Waals surface area contributed by atoms with Crippen LogP contribution < -0.4 is 10.6 Å². The topological polar surface area (TPSA) is 86.9 Å². The highest BCUT2D eigenvalue weighted by molar-refractivity contribution is 7.99. The smallest absolute Gasteiger partial charge is 0.321 e. The Balaban J connectivity index is 2.03. The molecule has 0 aliphatic carbocycles. The molecule has 20 heavy (non-hydrogen) atoms. The molecular weight excluding hydrogens is 290 g/mol. The minimum absolute atomic E-state index is 0.0573. The van der Waals surface area contributed by atoms with Gasteiger partial charge in [-0.1, -0.05) is 11.8 Å². The van der Waals surface area contributed by atoms with E-state index < -0.39 is 23.6 Å². The molecule has 3 amide bonds. The van der Waals surface area contributed by atoms with Gasteiger partial charge in [-0.05, 0) is 0 Å². The molecule has 3 N–H and O–H groups in total. The fourth-order valence-corrected chi connectivity index (χ4v) is 2.09. The predicted molar refractivity (Wildman–Crippen MR) is 69.3 cm³/mol. The van der Waals surface area contributed by atoms with Gasteiger partial charge >= 0.3 is 6.03 Å². The number of imidazole rings is 1. The molecule has 0 atom stereocenters. The van der Waals surface area contributed by atoms with E-state index in [1.165, 1.54) is 7.05 Å². The molecule has 0 saturated heterocycles. The lowest BCUT2D eigenvalue weighted by Crippen LogP contribution is -2.38. The molecule has 0 unspecified atom stereocenters. The second-order valence-corrected chi connectivity index (χ2v) is 4.71. The highest BCUT2D eigenvalue weighted by Crippen LogP contribution is 2.21. The number of aromatic nitrogens is 2. The van der Waals surface area contributed by atoms with Crippen molar-refractivity contribution >= 4 is 34.7 Å². The van der Waals surface area contributed by atoms with Crippen LogP contribution in [0.1, 0.15) is 0 Å². The summed E-state index contributed by atoms with van der Waals surface area (Å²) in [6.07, 6.45) is 0. The van der Waals surface area contributed by atoms with Crippen molar-refractivity contribution in [3.8, 4) is 0 Å². The fraction of sp³-hybridized carbons (Fsp3) is 0.182. The number of amides is 3. The number of hydrogen-bond acceptors (Lipinski definition) is 4. The average Bonchev–Trinajstić information content (AvgIpc) is 2.78. The predicted octanol–water partition coefficient (Wildman–Crippen LogP) is 1.39. The number of urea groups is 1. The summed E-state index contributed by atoms with van der Waals surface area (Å²) in [7, 11) is 1.39. The Kier molecular flexibility index (Phi) is 4.18. The maximum absolute atomic E-state index is 13.0. The van der Waals surface area contributed by atoms with E-state index in [-0.39, 0.29) is 11.3 Å². The number of nitrogens with one attached hydrogen (secondary N) is 3. The van der Waals surface area contributed by atoms with Crippen molar-refractivity contribution in [2.75, 3.05) is 12.8 Å². The number of benzene rings is 1. The third kappa shape index (κ3) is 3.23. The van der Waals surface area contributed by atoms with Gasteiger partial charge in [-0.2, -0.15) is 0 Å². The van der Waals surface area contributed by atoms with Crippen molar-refractivity contribution in [1.29, 1.82) is 0 Å². The Morgan fingerprint density at radius 1 is 1.35 bits per heavy atom. The largest absolute Gasteiger partial charge is 0.341 e. The van der Waals surface area contributed by atoms with Crippen molar-refractivity contribution in [2.24, 2.45) is 0 Å². The van der Waals surface area contributed by atoms with Crippen LogP contribution in [0.2, 0.25) is 0 Å². The number of carbonyl (C=O) groups is 2. The first kappa shape index (κ1) is 14.3. The van der Waals surface area contributed by atoms with Crippen LogP contribution >= 0.6 is 11.8 Å². The molecule has 2 aromatic rings. The average molecular weight is 300 g/mol. The number of halogens is 2. The van der Waals surface area contributed by atoms with E-state index in [0.717, 1.165) is 23.9 Å². The number of aromatic amines is 1. The van der Waals surface area contributed by atoms with Crippen LogP contribution in [-0.2, 0) is 4.79 Å². The molecule has 2 rings (SSSR count). The minimum atomic E-state index is -0.988. The molecule has 1 heterocycles. The van der Waals surface area contributed by atoms with Crippen molar-refractivity contribution in [3.63, 3.8) is 0 Å². The molecule has 1 aromatic heterocycles. The summed E-state index contributed by atoms with van der Waals surface area (Å²) < 4.78 is 26.0. The zero-order valence-corrected chi connectivity index (χ0v) is 11.1. The number of hydrogen-bond donors (Lipinski definition) is 3. The van der Waals surface area contributed by atoms with E-state index in [1.807, 2.05) is 0 Å². The Morgan fingerprint density at radius 2 is 2.05 bits per heavy atom. The second kappa shape index (κ2) is 5.87. The summed E-state index contributed by atoms with van der Waals surface area (Å²) in [6.45, 7) is 0. The maximum atomic E-state index is 13.0. The van der Waals surface area contributed by atoms with Crippen LogP contribution in [0, 0.1) is 11.6 Å². The van der Waals surface area contributed by atoms with E-state index in [1.54, 1.807) is 0 Å². The summed E-state index contributed by atoms with van der Waals surface area (Å²) in [5.41, 5.74) is 0.594. The summed E-state index contributed by atoms with van der Waals surface area (Å²) in [6, 6.07) is 1.35. The molecule has 0 aliphatic rings. The van der Waals surface area contributed by atoms with Crippen LogP contribution in [0.4, 0.5) is 13.6 Å². The molecule has 0 saturated carbocycles. The number of rotatable bonds is 3. The molecule has 1 aromatic carbocycles. The Morgan fingerprint density at radius 3 is 2.75 bits per heavy atom. The zero-order chi connectivity index (χ0) is 14.7. The third-order valence-electron chi connectivity index (χ3n) is 2.32. The Bertz CT molecular complexity index is 635. The lowest BCUT2D eigenvalue weighted by molar-refractivity contribution is -0.117. The van der Waals surface area contributed by atoms with Crippen molar-refractivity contribution in [3.05, 3.63) is 23.8 Å². The van der Waals surface area contributed by atoms with E-state index in [2.05, 4.69) is 20.6 Å². The van der Waals surface area contributed by atoms with Gasteiger partial charge < -0.3 is 10.3 Å². The van der Waals surface area contributed by atoms with Gasteiger partial charge in [0.15, 0.2) is 16.8 Å². The summed E-state index contributed by atoms with van der Waals surface area (Å²) >= 11 is 1.01. The van der Waals surface area contributed by atoms with Gasteiger partial charge in [-0.25, -0.2) is 18.6 Å². The van der Waals surface area contributed by atoms with Crippen molar-refractivity contribution in [2.45, 2.75) is 5.16 Å². The number of thioether (sulfide) groups is 1. The molecule has 0 aliphatic heterocycles. The van der Waals surface area contributed by atoms with Crippen molar-refractivity contribution in [1.82, 2.24) is 20.6 Å². The second-order valence-electron chi connectivity index (χ2n) is 3.74. The summed E-state index contributed by atoms with van der Waals surface area (Å²) in [4.78, 5) is 29.0.